The van der Waals surface area contributed by atoms with E-state index in [2.05, 4.69) is 16.5 Å². The molecule has 28 heavy (non-hydrogen) atoms. The van der Waals surface area contributed by atoms with E-state index in [9.17, 15) is 14.9 Å². The van der Waals surface area contributed by atoms with Crippen molar-refractivity contribution in [2.24, 2.45) is 5.10 Å². The lowest BCUT2D eigenvalue weighted by Gasteiger charge is -2.32. The molecule has 7 heteroatoms. The monoisotopic (exact) mass is 382 g/mol. The summed E-state index contributed by atoms with van der Waals surface area (Å²) < 4.78 is 5.31. The minimum atomic E-state index is -0.967. The van der Waals surface area contributed by atoms with Crippen LogP contribution in [0.1, 0.15) is 62.7 Å². The molecule has 1 aromatic rings. The highest BCUT2D eigenvalue weighted by Crippen LogP contribution is 2.27. The van der Waals surface area contributed by atoms with Crippen LogP contribution in [0.25, 0.3) is 0 Å². The summed E-state index contributed by atoms with van der Waals surface area (Å²) in [6, 6.07) is 9.21. The van der Waals surface area contributed by atoms with Crippen LogP contribution >= 0.6 is 0 Å². The van der Waals surface area contributed by atoms with Crippen molar-refractivity contribution in [1.29, 1.82) is 5.26 Å². The average Bonchev–Trinajstić information content (AvgIpc) is 3.15. The molecule has 148 valence electrons. The van der Waals surface area contributed by atoms with Crippen LogP contribution in [-0.4, -0.2) is 35.8 Å². The SMILES string of the molecule is CC1=NN(c2ccc(C(=O)OC(C)C(=O)NC3(C#N)CCCCC3)cc2)CC1. The molecule has 0 radical (unpaired) electrons. The summed E-state index contributed by atoms with van der Waals surface area (Å²) in [6.45, 7) is 4.34. The van der Waals surface area contributed by atoms with E-state index in [-0.39, 0.29) is 0 Å². The predicted molar refractivity (Wildman–Crippen MR) is 106 cm³/mol. The van der Waals surface area contributed by atoms with Gasteiger partial charge in [-0.3, -0.25) is 9.80 Å². The van der Waals surface area contributed by atoms with E-state index < -0.39 is 23.5 Å². The zero-order valence-electron chi connectivity index (χ0n) is 16.4. The second-order valence-electron chi connectivity index (χ2n) is 7.55. The Kier molecular flexibility index (Phi) is 5.98. The van der Waals surface area contributed by atoms with Gasteiger partial charge in [0.1, 0.15) is 5.54 Å². The minimum absolute atomic E-state index is 0.371. The predicted octanol–water partition coefficient (Wildman–Crippen LogP) is 3.16. The number of esters is 1. The fourth-order valence-electron chi connectivity index (χ4n) is 3.57. The number of amides is 1. The summed E-state index contributed by atoms with van der Waals surface area (Å²) in [5.74, 6) is -1.000. The van der Waals surface area contributed by atoms with E-state index in [0.717, 1.165) is 43.6 Å². The first kappa shape index (κ1) is 19.9. The first-order chi connectivity index (χ1) is 13.4. The molecule has 2 aliphatic rings. The van der Waals surface area contributed by atoms with Crippen LogP contribution < -0.4 is 10.3 Å². The topological polar surface area (TPSA) is 94.8 Å². The number of hydrogen-bond donors (Lipinski definition) is 1. The van der Waals surface area contributed by atoms with Crippen LogP contribution in [0.5, 0.6) is 0 Å². The molecule has 1 unspecified atom stereocenters. The van der Waals surface area contributed by atoms with Gasteiger partial charge in [0.25, 0.3) is 5.91 Å². The van der Waals surface area contributed by atoms with Crippen LogP contribution in [-0.2, 0) is 9.53 Å². The molecule has 1 saturated carbocycles. The summed E-state index contributed by atoms with van der Waals surface area (Å²) >= 11 is 0. The number of hydrogen-bond acceptors (Lipinski definition) is 6. The highest BCUT2D eigenvalue weighted by atomic mass is 16.5. The smallest absolute Gasteiger partial charge is 0.338 e. The summed E-state index contributed by atoms with van der Waals surface area (Å²) in [5, 5.41) is 18.6. The first-order valence-corrected chi connectivity index (χ1v) is 9.78. The normalized spacial score (nSPS) is 19.3. The number of rotatable bonds is 5. The van der Waals surface area contributed by atoms with Crippen molar-refractivity contribution in [3.05, 3.63) is 29.8 Å². The number of benzene rings is 1. The number of nitrogens with zero attached hydrogens (tertiary/aromatic N) is 3. The number of nitrogens with one attached hydrogen (secondary N) is 1. The molecule has 1 aliphatic heterocycles. The first-order valence-electron chi connectivity index (χ1n) is 9.78. The van der Waals surface area contributed by atoms with E-state index in [0.29, 0.717) is 18.4 Å². The lowest BCUT2D eigenvalue weighted by Crippen LogP contribution is -2.52. The highest BCUT2D eigenvalue weighted by molar-refractivity contribution is 5.93. The van der Waals surface area contributed by atoms with Gasteiger partial charge >= 0.3 is 5.97 Å². The lowest BCUT2D eigenvalue weighted by molar-refractivity contribution is -0.130. The van der Waals surface area contributed by atoms with Gasteiger partial charge in [0.15, 0.2) is 6.10 Å². The molecular weight excluding hydrogens is 356 g/mol. The van der Waals surface area contributed by atoms with E-state index in [1.165, 1.54) is 6.92 Å². The van der Waals surface area contributed by atoms with Crippen LogP contribution in [0.3, 0.4) is 0 Å². The molecule has 1 aromatic carbocycles. The number of nitriles is 1. The third kappa shape index (κ3) is 4.50. The molecule has 1 atom stereocenters. The largest absolute Gasteiger partial charge is 0.449 e. The van der Waals surface area contributed by atoms with Gasteiger partial charge in [-0.2, -0.15) is 10.4 Å². The fraction of sp³-hybridized carbons (Fsp3) is 0.524. The number of carbonyl (C=O) groups excluding carboxylic acids is 2. The third-order valence-electron chi connectivity index (χ3n) is 5.31. The Labute approximate surface area is 165 Å². The van der Waals surface area contributed by atoms with Crippen molar-refractivity contribution >= 4 is 23.3 Å². The molecule has 3 rings (SSSR count). The number of hydrazone groups is 1. The molecule has 1 amide bonds. The fourth-order valence-corrected chi connectivity index (χ4v) is 3.57. The van der Waals surface area contributed by atoms with Gasteiger partial charge in [-0.15, -0.1) is 0 Å². The minimum Gasteiger partial charge on any atom is -0.449 e. The molecule has 0 aromatic heterocycles. The summed E-state index contributed by atoms with van der Waals surface area (Å²) in [5.41, 5.74) is 1.52. The van der Waals surface area contributed by atoms with Gasteiger partial charge in [-0.05, 0) is 51.0 Å². The van der Waals surface area contributed by atoms with E-state index >= 15 is 0 Å². The molecule has 7 nitrogen and oxygen atoms in total. The standard InChI is InChI=1S/C21H26N4O3/c1-15-10-13-25(24-15)18-8-6-17(7-9-18)20(27)28-16(2)19(26)23-21(14-22)11-4-3-5-12-21/h6-9,16H,3-5,10-13H2,1-2H3,(H,23,26). The molecule has 1 heterocycles. The van der Waals surface area contributed by atoms with Crippen molar-refractivity contribution in [3.63, 3.8) is 0 Å². The highest BCUT2D eigenvalue weighted by Gasteiger charge is 2.35. The Hall–Kier alpha value is -2.88. The van der Waals surface area contributed by atoms with Crippen LogP contribution in [0.2, 0.25) is 0 Å². The van der Waals surface area contributed by atoms with Crippen molar-refractivity contribution in [1.82, 2.24) is 5.32 Å². The molecule has 0 spiro atoms. The summed E-state index contributed by atoms with van der Waals surface area (Å²) in [7, 11) is 0. The van der Waals surface area contributed by atoms with Gasteiger partial charge in [0.2, 0.25) is 0 Å². The van der Waals surface area contributed by atoms with E-state index in [1.54, 1.807) is 12.1 Å². The van der Waals surface area contributed by atoms with E-state index in [1.807, 2.05) is 24.1 Å². The number of ether oxygens (including phenoxy) is 1. The Morgan fingerprint density at radius 1 is 1.25 bits per heavy atom. The van der Waals surface area contributed by atoms with Gasteiger partial charge in [0.05, 0.1) is 17.3 Å². The Morgan fingerprint density at radius 2 is 1.93 bits per heavy atom. The number of carbonyl (C=O) groups is 2. The van der Waals surface area contributed by atoms with Gasteiger partial charge in [-0.25, -0.2) is 4.79 Å². The van der Waals surface area contributed by atoms with Crippen LogP contribution in [0, 0.1) is 11.3 Å². The average molecular weight is 382 g/mol. The van der Waals surface area contributed by atoms with Gasteiger partial charge in [0, 0.05) is 18.7 Å². The molecule has 0 bridgehead atoms. The van der Waals surface area contributed by atoms with E-state index in [4.69, 9.17) is 4.74 Å². The molecule has 0 saturated heterocycles. The third-order valence-corrected chi connectivity index (χ3v) is 5.31. The molecular formula is C21H26N4O3. The van der Waals surface area contributed by atoms with Crippen molar-refractivity contribution in [2.75, 3.05) is 11.6 Å². The van der Waals surface area contributed by atoms with Crippen molar-refractivity contribution in [3.8, 4) is 6.07 Å². The lowest BCUT2D eigenvalue weighted by atomic mass is 9.83. The van der Waals surface area contributed by atoms with Crippen LogP contribution in [0.15, 0.2) is 29.4 Å². The zero-order chi connectivity index (χ0) is 20.1. The number of anilines is 1. The Bertz CT molecular complexity index is 804. The quantitative estimate of drug-likeness (QED) is 0.789. The summed E-state index contributed by atoms with van der Waals surface area (Å²) in [6.07, 6.45) is 4.13. The Morgan fingerprint density at radius 3 is 2.50 bits per heavy atom. The van der Waals surface area contributed by atoms with Gasteiger partial charge in [-0.1, -0.05) is 19.3 Å². The molecule has 1 fully saturated rings. The van der Waals surface area contributed by atoms with Crippen molar-refractivity contribution in [2.45, 2.75) is 64.0 Å². The second kappa shape index (κ2) is 8.42. The maximum Gasteiger partial charge on any atom is 0.338 e. The summed E-state index contributed by atoms with van der Waals surface area (Å²) in [4.78, 5) is 24.8. The second-order valence-corrected chi connectivity index (χ2v) is 7.55. The van der Waals surface area contributed by atoms with Crippen molar-refractivity contribution < 1.29 is 14.3 Å². The molecule has 1 aliphatic carbocycles. The van der Waals surface area contributed by atoms with Crippen LogP contribution in [0.4, 0.5) is 5.69 Å². The molecule has 1 N–H and O–H groups in total. The Balaban J connectivity index is 1.57. The van der Waals surface area contributed by atoms with Gasteiger partial charge < -0.3 is 10.1 Å². The maximum atomic E-state index is 12.4. The zero-order valence-corrected chi connectivity index (χ0v) is 16.4. The maximum absolute atomic E-state index is 12.4.